The molecule has 1 aliphatic rings. The van der Waals surface area contributed by atoms with Gasteiger partial charge in [-0.3, -0.25) is 0 Å². The maximum absolute atomic E-state index is 9.60. The first-order valence-electron chi connectivity index (χ1n) is 7.51. The molecule has 112 valence electrons. The van der Waals surface area contributed by atoms with Crippen molar-refractivity contribution in [2.75, 3.05) is 18.0 Å². The number of hydrogen-bond donors (Lipinski definition) is 1. The van der Waals surface area contributed by atoms with Gasteiger partial charge in [0.05, 0.1) is 16.8 Å². The summed E-state index contributed by atoms with van der Waals surface area (Å²) in [6.45, 7) is 10.9. The van der Waals surface area contributed by atoms with Gasteiger partial charge in [-0.15, -0.1) is 0 Å². The van der Waals surface area contributed by atoms with Gasteiger partial charge in [0, 0.05) is 13.1 Å². The van der Waals surface area contributed by atoms with Crippen molar-refractivity contribution in [3.05, 3.63) is 28.8 Å². The van der Waals surface area contributed by atoms with Gasteiger partial charge in [-0.05, 0) is 48.8 Å². The normalized spacial score (nSPS) is 19.2. The van der Waals surface area contributed by atoms with Gasteiger partial charge in [0.2, 0.25) is 0 Å². The average Bonchev–Trinajstić information content (AvgIpc) is 2.37. The minimum absolute atomic E-state index is 0.395. The van der Waals surface area contributed by atoms with Crippen molar-refractivity contribution < 1.29 is 5.11 Å². The standard InChI is InChI=1S/C17H26ClNO/c1-12(20)13-5-6-16(15(18)11-13)19-9-7-14(8-10-19)17(2,3)4/h5-6,11-12,14,20H,7-10H2,1-4H3/t12-/m1/s1. The van der Waals surface area contributed by atoms with Crippen LogP contribution < -0.4 is 4.90 Å². The Labute approximate surface area is 127 Å². The Hall–Kier alpha value is -0.730. The fraction of sp³-hybridized carbons (Fsp3) is 0.647. The third kappa shape index (κ3) is 3.48. The van der Waals surface area contributed by atoms with Crippen LogP contribution in [0.3, 0.4) is 0 Å². The van der Waals surface area contributed by atoms with Crippen molar-refractivity contribution in [3.63, 3.8) is 0 Å². The number of anilines is 1. The van der Waals surface area contributed by atoms with Crippen LogP contribution in [0.15, 0.2) is 18.2 Å². The second-order valence-corrected chi connectivity index (χ2v) is 7.42. The van der Waals surface area contributed by atoms with Crippen LogP contribution in [0, 0.1) is 11.3 Å². The SMILES string of the molecule is C[C@@H](O)c1ccc(N2CCC(C(C)(C)C)CC2)c(Cl)c1. The number of aliphatic hydroxyl groups is 1. The first kappa shape index (κ1) is 15.7. The van der Waals surface area contributed by atoms with Crippen molar-refractivity contribution in [3.8, 4) is 0 Å². The van der Waals surface area contributed by atoms with Gasteiger partial charge in [0.15, 0.2) is 0 Å². The summed E-state index contributed by atoms with van der Waals surface area (Å²) in [6, 6.07) is 5.90. The van der Waals surface area contributed by atoms with E-state index in [1.54, 1.807) is 6.92 Å². The van der Waals surface area contributed by atoms with Gasteiger partial charge in [-0.1, -0.05) is 38.4 Å². The molecule has 1 heterocycles. The molecule has 1 aromatic rings. The van der Waals surface area contributed by atoms with Crippen LogP contribution in [0.2, 0.25) is 5.02 Å². The van der Waals surface area contributed by atoms with Crippen LogP contribution in [0.25, 0.3) is 0 Å². The van der Waals surface area contributed by atoms with Gasteiger partial charge in [0.1, 0.15) is 0 Å². The van der Waals surface area contributed by atoms with Crippen LogP contribution >= 0.6 is 11.6 Å². The molecule has 0 bridgehead atoms. The number of piperidine rings is 1. The van der Waals surface area contributed by atoms with Gasteiger partial charge in [0.25, 0.3) is 0 Å². The highest BCUT2D eigenvalue weighted by atomic mass is 35.5. The van der Waals surface area contributed by atoms with Crippen molar-refractivity contribution in [1.82, 2.24) is 0 Å². The second-order valence-electron chi connectivity index (χ2n) is 7.01. The van der Waals surface area contributed by atoms with Gasteiger partial charge in [-0.2, -0.15) is 0 Å². The summed E-state index contributed by atoms with van der Waals surface area (Å²) < 4.78 is 0. The topological polar surface area (TPSA) is 23.5 Å². The van der Waals surface area contributed by atoms with E-state index in [0.29, 0.717) is 5.41 Å². The van der Waals surface area contributed by atoms with E-state index < -0.39 is 6.10 Å². The number of rotatable bonds is 2. The van der Waals surface area contributed by atoms with Crippen molar-refractivity contribution >= 4 is 17.3 Å². The summed E-state index contributed by atoms with van der Waals surface area (Å²) in [4.78, 5) is 2.37. The number of hydrogen-bond acceptors (Lipinski definition) is 2. The molecule has 1 atom stereocenters. The molecule has 1 saturated heterocycles. The van der Waals surface area contributed by atoms with Crippen molar-refractivity contribution in [2.24, 2.45) is 11.3 Å². The maximum atomic E-state index is 9.60. The first-order valence-corrected chi connectivity index (χ1v) is 7.89. The zero-order valence-corrected chi connectivity index (χ0v) is 13.7. The lowest BCUT2D eigenvalue weighted by Gasteiger charge is -2.40. The van der Waals surface area contributed by atoms with Crippen LogP contribution in [0.5, 0.6) is 0 Å². The monoisotopic (exact) mass is 295 g/mol. The minimum Gasteiger partial charge on any atom is -0.389 e. The van der Waals surface area contributed by atoms with Crippen LogP contribution in [0.1, 0.15) is 52.2 Å². The zero-order valence-electron chi connectivity index (χ0n) is 13.0. The fourth-order valence-corrected chi connectivity index (χ4v) is 3.33. The summed E-state index contributed by atoms with van der Waals surface area (Å²) in [6.07, 6.45) is 1.98. The summed E-state index contributed by atoms with van der Waals surface area (Å²) in [5, 5.41) is 10.3. The third-order valence-electron chi connectivity index (χ3n) is 4.51. The molecule has 2 rings (SSSR count). The lowest BCUT2D eigenvalue weighted by atomic mass is 9.75. The molecule has 0 spiro atoms. The second kappa shape index (κ2) is 5.95. The largest absolute Gasteiger partial charge is 0.389 e. The van der Waals surface area contributed by atoms with Crippen LogP contribution in [-0.4, -0.2) is 18.2 Å². The third-order valence-corrected chi connectivity index (χ3v) is 4.82. The summed E-state index contributed by atoms with van der Waals surface area (Å²) in [5.41, 5.74) is 2.37. The Bertz CT molecular complexity index is 457. The van der Waals surface area contributed by atoms with E-state index in [2.05, 4.69) is 25.7 Å². The zero-order chi connectivity index (χ0) is 14.9. The molecule has 1 aromatic carbocycles. The first-order chi connectivity index (χ1) is 9.29. The number of halogens is 1. The lowest BCUT2D eigenvalue weighted by Crippen LogP contribution is -2.38. The molecule has 1 aliphatic heterocycles. The lowest BCUT2D eigenvalue weighted by molar-refractivity contribution is 0.198. The Morgan fingerprint density at radius 3 is 2.30 bits per heavy atom. The highest BCUT2D eigenvalue weighted by Gasteiger charge is 2.29. The molecule has 0 aliphatic carbocycles. The summed E-state index contributed by atoms with van der Waals surface area (Å²) >= 11 is 6.38. The van der Waals surface area contributed by atoms with Crippen molar-refractivity contribution in [2.45, 2.75) is 46.6 Å². The molecule has 0 saturated carbocycles. The van der Waals surface area contributed by atoms with E-state index in [4.69, 9.17) is 11.6 Å². The average molecular weight is 296 g/mol. The Morgan fingerprint density at radius 1 is 1.25 bits per heavy atom. The molecular weight excluding hydrogens is 270 g/mol. The van der Waals surface area contributed by atoms with Crippen LogP contribution in [-0.2, 0) is 0 Å². The van der Waals surface area contributed by atoms with E-state index in [1.807, 2.05) is 18.2 Å². The number of nitrogens with zero attached hydrogens (tertiary/aromatic N) is 1. The molecular formula is C17H26ClNO. The van der Waals surface area contributed by atoms with E-state index in [0.717, 1.165) is 35.3 Å². The predicted molar refractivity (Wildman–Crippen MR) is 86.5 cm³/mol. The quantitative estimate of drug-likeness (QED) is 0.858. The highest BCUT2D eigenvalue weighted by Crippen LogP contribution is 2.37. The van der Waals surface area contributed by atoms with E-state index in [1.165, 1.54) is 12.8 Å². The molecule has 1 fully saturated rings. The molecule has 2 nitrogen and oxygen atoms in total. The molecule has 0 radical (unpaired) electrons. The van der Waals surface area contributed by atoms with Gasteiger partial charge in [-0.25, -0.2) is 0 Å². The molecule has 20 heavy (non-hydrogen) atoms. The van der Waals surface area contributed by atoms with E-state index in [-0.39, 0.29) is 0 Å². The minimum atomic E-state index is -0.465. The smallest absolute Gasteiger partial charge is 0.0762 e. The molecule has 3 heteroatoms. The Morgan fingerprint density at radius 2 is 1.85 bits per heavy atom. The fourth-order valence-electron chi connectivity index (χ4n) is 3.03. The summed E-state index contributed by atoms with van der Waals surface area (Å²) in [5.74, 6) is 0.786. The Balaban J connectivity index is 2.07. The Kier molecular flexibility index (Phi) is 4.66. The molecule has 0 aromatic heterocycles. The van der Waals surface area contributed by atoms with Crippen molar-refractivity contribution in [1.29, 1.82) is 0 Å². The van der Waals surface area contributed by atoms with E-state index >= 15 is 0 Å². The van der Waals surface area contributed by atoms with Gasteiger partial charge < -0.3 is 10.0 Å². The number of aliphatic hydroxyl groups excluding tert-OH is 1. The van der Waals surface area contributed by atoms with Crippen LogP contribution in [0.4, 0.5) is 5.69 Å². The number of benzene rings is 1. The maximum Gasteiger partial charge on any atom is 0.0762 e. The predicted octanol–water partition coefficient (Wildman–Crippen LogP) is 4.66. The molecule has 0 unspecified atom stereocenters. The summed E-state index contributed by atoms with van der Waals surface area (Å²) in [7, 11) is 0. The molecule has 1 N–H and O–H groups in total. The van der Waals surface area contributed by atoms with E-state index in [9.17, 15) is 5.11 Å². The highest BCUT2D eigenvalue weighted by molar-refractivity contribution is 6.33. The van der Waals surface area contributed by atoms with Gasteiger partial charge >= 0.3 is 0 Å². The molecule has 0 amide bonds.